The maximum atomic E-state index is 9.32. The predicted molar refractivity (Wildman–Crippen MR) is 49.5 cm³/mol. The summed E-state index contributed by atoms with van der Waals surface area (Å²) in [4.78, 5) is 0. The summed E-state index contributed by atoms with van der Waals surface area (Å²) in [6.07, 6.45) is 6.20. The van der Waals surface area contributed by atoms with Crippen LogP contribution in [0.4, 0.5) is 0 Å². The zero-order valence-electron chi connectivity index (χ0n) is 8.09. The van der Waals surface area contributed by atoms with Crippen LogP contribution in [0.1, 0.15) is 40.5 Å². The summed E-state index contributed by atoms with van der Waals surface area (Å²) in [6.45, 7) is 7.98. The smallest absolute Gasteiger partial charge is 0.0771 e. The van der Waals surface area contributed by atoms with Gasteiger partial charge in [0.15, 0.2) is 0 Å². The van der Waals surface area contributed by atoms with Gasteiger partial charge in [0.05, 0.1) is 5.60 Å². The maximum absolute atomic E-state index is 9.32. The molecular weight excluding hydrogens is 136 g/mol. The molecule has 0 aliphatic rings. The molecule has 1 atom stereocenters. The Morgan fingerprint density at radius 2 is 2.00 bits per heavy atom. The van der Waals surface area contributed by atoms with Gasteiger partial charge in [0, 0.05) is 0 Å². The zero-order chi connectivity index (χ0) is 8.91. The third-order valence-corrected chi connectivity index (χ3v) is 1.76. The van der Waals surface area contributed by atoms with E-state index in [1.165, 1.54) is 6.42 Å². The number of hydrogen-bond donors (Lipinski definition) is 1. The first-order chi connectivity index (χ1) is 4.95. The second kappa shape index (κ2) is 4.55. The fourth-order valence-corrected chi connectivity index (χ4v) is 0.755. The van der Waals surface area contributed by atoms with E-state index >= 15 is 0 Å². The molecule has 0 aromatic carbocycles. The molecule has 0 aliphatic carbocycles. The van der Waals surface area contributed by atoms with Gasteiger partial charge in [-0.05, 0) is 26.2 Å². The number of aliphatic hydroxyl groups is 1. The average Bonchev–Trinajstić information content (AvgIpc) is 1.85. The third-order valence-electron chi connectivity index (χ3n) is 1.76. The Morgan fingerprint density at radius 1 is 1.45 bits per heavy atom. The van der Waals surface area contributed by atoms with Gasteiger partial charge < -0.3 is 5.11 Å². The van der Waals surface area contributed by atoms with Crippen molar-refractivity contribution < 1.29 is 5.11 Å². The van der Waals surface area contributed by atoms with Crippen LogP contribution in [0.5, 0.6) is 0 Å². The summed E-state index contributed by atoms with van der Waals surface area (Å²) in [5.74, 6) is 0.730. The van der Waals surface area contributed by atoms with Crippen molar-refractivity contribution in [1.29, 1.82) is 0 Å². The molecule has 1 heteroatoms. The van der Waals surface area contributed by atoms with Gasteiger partial charge in [-0.1, -0.05) is 32.4 Å². The molecule has 66 valence electrons. The molecule has 11 heavy (non-hydrogen) atoms. The molecule has 0 aliphatic heterocycles. The van der Waals surface area contributed by atoms with Crippen molar-refractivity contribution in [2.24, 2.45) is 5.92 Å². The summed E-state index contributed by atoms with van der Waals surface area (Å²) in [5, 5.41) is 9.32. The highest BCUT2D eigenvalue weighted by molar-refractivity contribution is 4.95. The van der Waals surface area contributed by atoms with Crippen LogP contribution in [-0.2, 0) is 0 Å². The fourth-order valence-electron chi connectivity index (χ4n) is 0.755. The Bertz CT molecular complexity index is 119. The van der Waals surface area contributed by atoms with E-state index in [1.807, 2.05) is 6.08 Å². The lowest BCUT2D eigenvalue weighted by molar-refractivity contribution is 0.132. The minimum atomic E-state index is -0.645. The van der Waals surface area contributed by atoms with Gasteiger partial charge in [-0.2, -0.15) is 0 Å². The molecule has 1 nitrogen and oxygen atoms in total. The number of rotatable bonds is 4. The predicted octanol–water partition coefficient (Wildman–Crippen LogP) is 2.75. The molecule has 0 aromatic heterocycles. The maximum Gasteiger partial charge on any atom is 0.0771 e. The summed E-state index contributed by atoms with van der Waals surface area (Å²) in [6, 6.07) is 0. The first kappa shape index (κ1) is 10.7. The van der Waals surface area contributed by atoms with Crippen LogP contribution in [0.25, 0.3) is 0 Å². The van der Waals surface area contributed by atoms with Crippen LogP contribution >= 0.6 is 0 Å². The lowest BCUT2D eigenvalue weighted by atomic mass is 10.0. The van der Waals surface area contributed by atoms with E-state index in [0.717, 1.165) is 12.3 Å². The van der Waals surface area contributed by atoms with Gasteiger partial charge in [-0.15, -0.1) is 0 Å². The summed E-state index contributed by atoms with van der Waals surface area (Å²) in [5.41, 5.74) is -0.645. The Morgan fingerprint density at radius 3 is 2.36 bits per heavy atom. The minimum Gasteiger partial charge on any atom is -0.386 e. The molecule has 0 fully saturated rings. The van der Waals surface area contributed by atoms with E-state index in [9.17, 15) is 5.11 Å². The van der Waals surface area contributed by atoms with Crippen molar-refractivity contribution in [1.82, 2.24) is 0 Å². The molecule has 0 bridgehead atoms. The molecule has 0 unspecified atom stereocenters. The summed E-state index contributed by atoms with van der Waals surface area (Å²) in [7, 11) is 0. The van der Waals surface area contributed by atoms with Crippen LogP contribution in [-0.4, -0.2) is 10.7 Å². The van der Waals surface area contributed by atoms with Crippen LogP contribution in [0.3, 0.4) is 0 Å². The normalized spacial score (nSPS) is 15.7. The fraction of sp³-hybridized carbons (Fsp3) is 0.800. The quantitative estimate of drug-likeness (QED) is 0.620. The summed E-state index contributed by atoms with van der Waals surface area (Å²) < 4.78 is 0. The molecular formula is C10H20O. The van der Waals surface area contributed by atoms with Crippen molar-refractivity contribution in [3.63, 3.8) is 0 Å². The van der Waals surface area contributed by atoms with E-state index in [0.29, 0.717) is 0 Å². The Labute approximate surface area is 70.1 Å². The first-order valence-electron chi connectivity index (χ1n) is 4.35. The van der Waals surface area contributed by atoms with E-state index in [2.05, 4.69) is 19.9 Å². The molecule has 0 saturated heterocycles. The Kier molecular flexibility index (Phi) is 4.43. The van der Waals surface area contributed by atoms with Crippen LogP contribution in [0, 0.1) is 5.92 Å². The van der Waals surface area contributed by atoms with Crippen molar-refractivity contribution in [3.05, 3.63) is 12.2 Å². The van der Waals surface area contributed by atoms with Gasteiger partial charge in [0.25, 0.3) is 0 Å². The minimum absolute atomic E-state index is 0.645. The SMILES string of the molecule is CC[C@@H](C)C/C=C/C(C)(C)O. The second-order valence-electron chi connectivity index (χ2n) is 3.81. The highest BCUT2D eigenvalue weighted by Crippen LogP contribution is 2.09. The number of allylic oxidation sites excluding steroid dienone is 1. The molecule has 0 spiro atoms. The Balaban J connectivity index is 3.61. The van der Waals surface area contributed by atoms with Crippen molar-refractivity contribution in [2.75, 3.05) is 0 Å². The van der Waals surface area contributed by atoms with Gasteiger partial charge in [-0.25, -0.2) is 0 Å². The van der Waals surface area contributed by atoms with E-state index in [4.69, 9.17) is 0 Å². The topological polar surface area (TPSA) is 20.2 Å². The highest BCUT2D eigenvalue weighted by Gasteiger charge is 2.05. The molecule has 0 heterocycles. The standard InChI is InChI=1S/C10H20O/c1-5-9(2)7-6-8-10(3,4)11/h6,8-9,11H,5,7H2,1-4H3/b8-6+/t9-/m1/s1. The van der Waals surface area contributed by atoms with Crippen molar-refractivity contribution >= 4 is 0 Å². The molecule has 0 aromatic rings. The molecule has 1 N–H and O–H groups in total. The van der Waals surface area contributed by atoms with Crippen LogP contribution < -0.4 is 0 Å². The Hall–Kier alpha value is -0.300. The highest BCUT2D eigenvalue weighted by atomic mass is 16.3. The van der Waals surface area contributed by atoms with Gasteiger partial charge >= 0.3 is 0 Å². The van der Waals surface area contributed by atoms with E-state index < -0.39 is 5.60 Å². The first-order valence-corrected chi connectivity index (χ1v) is 4.35. The molecule has 0 rings (SSSR count). The monoisotopic (exact) mass is 156 g/mol. The van der Waals surface area contributed by atoms with E-state index in [-0.39, 0.29) is 0 Å². The lowest BCUT2D eigenvalue weighted by Crippen LogP contribution is -2.13. The van der Waals surface area contributed by atoms with E-state index in [1.54, 1.807) is 13.8 Å². The van der Waals surface area contributed by atoms with Gasteiger partial charge in [0.2, 0.25) is 0 Å². The van der Waals surface area contributed by atoms with Crippen LogP contribution in [0.15, 0.2) is 12.2 Å². The lowest BCUT2D eigenvalue weighted by Gasteiger charge is -2.11. The molecule has 0 radical (unpaired) electrons. The molecule has 0 saturated carbocycles. The number of hydrogen-bond acceptors (Lipinski definition) is 1. The van der Waals surface area contributed by atoms with Crippen LogP contribution in [0.2, 0.25) is 0 Å². The van der Waals surface area contributed by atoms with Crippen molar-refractivity contribution in [2.45, 2.75) is 46.1 Å². The van der Waals surface area contributed by atoms with Crippen molar-refractivity contribution in [3.8, 4) is 0 Å². The average molecular weight is 156 g/mol. The third kappa shape index (κ3) is 7.60. The van der Waals surface area contributed by atoms with Gasteiger partial charge in [-0.3, -0.25) is 0 Å². The molecule has 0 amide bonds. The zero-order valence-corrected chi connectivity index (χ0v) is 8.09. The van der Waals surface area contributed by atoms with Gasteiger partial charge in [0.1, 0.15) is 0 Å². The largest absolute Gasteiger partial charge is 0.386 e. The second-order valence-corrected chi connectivity index (χ2v) is 3.81. The summed E-state index contributed by atoms with van der Waals surface area (Å²) >= 11 is 0.